The van der Waals surface area contributed by atoms with Crippen molar-refractivity contribution in [2.45, 2.75) is 25.8 Å². The number of ether oxygens (including phenoxy) is 4. The summed E-state index contributed by atoms with van der Waals surface area (Å²) in [5, 5.41) is 2.54. The number of hydrogen-bond acceptors (Lipinski definition) is 7. The van der Waals surface area contributed by atoms with E-state index in [1.54, 1.807) is 24.3 Å². The topological polar surface area (TPSA) is 100 Å². The van der Waals surface area contributed by atoms with E-state index in [1.807, 2.05) is 37.3 Å². The highest BCUT2D eigenvalue weighted by molar-refractivity contribution is 5.86. The molecule has 2 aromatic rings. The molecule has 0 aromatic heterocycles. The van der Waals surface area contributed by atoms with E-state index in [0.29, 0.717) is 12.4 Å². The number of carbonyl (C=O) groups is 3. The molecule has 1 atom stereocenters. The Labute approximate surface area is 181 Å². The van der Waals surface area contributed by atoms with Gasteiger partial charge in [0.1, 0.15) is 17.5 Å². The number of hydrogen-bond donors (Lipinski definition) is 1. The molecule has 1 amide bonds. The lowest BCUT2D eigenvalue weighted by atomic mass is 10.1. The van der Waals surface area contributed by atoms with Crippen molar-refractivity contribution in [2.24, 2.45) is 0 Å². The van der Waals surface area contributed by atoms with E-state index in [1.165, 1.54) is 7.11 Å². The van der Waals surface area contributed by atoms with Gasteiger partial charge in [-0.15, -0.1) is 0 Å². The van der Waals surface area contributed by atoms with Crippen molar-refractivity contribution in [1.82, 2.24) is 5.32 Å². The van der Waals surface area contributed by atoms with Gasteiger partial charge < -0.3 is 24.3 Å². The van der Waals surface area contributed by atoms with Gasteiger partial charge in [0, 0.05) is 6.42 Å². The largest absolute Gasteiger partial charge is 0.494 e. The van der Waals surface area contributed by atoms with Gasteiger partial charge in [-0.1, -0.05) is 30.3 Å². The molecular weight excluding hydrogens is 402 g/mol. The van der Waals surface area contributed by atoms with Gasteiger partial charge in [0.05, 0.1) is 26.7 Å². The van der Waals surface area contributed by atoms with Crippen molar-refractivity contribution in [2.75, 3.05) is 26.9 Å². The van der Waals surface area contributed by atoms with Crippen molar-refractivity contribution in [1.29, 1.82) is 0 Å². The predicted octanol–water partition coefficient (Wildman–Crippen LogP) is 2.30. The first kappa shape index (κ1) is 23.7. The molecule has 0 spiro atoms. The van der Waals surface area contributed by atoms with E-state index in [-0.39, 0.29) is 19.4 Å². The summed E-state index contributed by atoms with van der Waals surface area (Å²) >= 11 is 0. The third-order valence-corrected chi connectivity index (χ3v) is 4.18. The average Bonchev–Trinajstić information content (AvgIpc) is 2.79. The van der Waals surface area contributed by atoms with Gasteiger partial charge in [0.15, 0.2) is 6.61 Å². The second kappa shape index (κ2) is 12.9. The first-order valence-electron chi connectivity index (χ1n) is 9.94. The highest BCUT2D eigenvalue weighted by Gasteiger charge is 2.22. The second-order valence-corrected chi connectivity index (χ2v) is 6.50. The average molecular weight is 429 g/mol. The molecule has 8 nitrogen and oxygen atoms in total. The molecule has 0 fully saturated rings. The number of nitrogens with one attached hydrogen (secondary N) is 1. The quantitative estimate of drug-likeness (QED) is 0.517. The molecule has 166 valence electrons. The van der Waals surface area contributed by atoms with Crippen molar-refractivity contribution in [3.8, 4) is 11.5 Å². The highest BCUT2D eigenvalue weighted by atomic mass is 16.5. The Morgan fingerprint density at radius 2 is 1.58 bits per heavy atom. The summed E-state index contributed by atoms with van der Waals surface area (Å²) < 4.78 is 20.5. The minimum absolute atomic E-state index is 0.0229. The maximum absolute atomic E-state index is 12.1. The molecule has 0 saturated heterocycles. The van der Waals surface area contributed by atoms with Crippen LogP contribution in [0.25, 0.3) is 0 Å². The molecular formula is C23H27NO7. The van der Waals surface area contributed by atoms with Crippen LogP contribution in [-0.2, 0) is 30.3 Å². The predicted molar refractivity (Wildman–Crippen MR) is 113 cm³/mol. The van der Waals surface area contributed by atoms with Gasteiger partial charge in [-0.05, 0) is 36.8 Å². The molecule has 0 saturated carbocycles. The van der Waals surface area contributed by atoms with Crippen LogP contribution in [0.2, 0.25) is 0 Å². The fraction of sp³-hybridized carbons (Fsp3) is 0.348. The fourth-order valence-electron chi connectivity index (χ4n) is 2.69. The van der Waals surface area contributed by atoms with Crippen LogP contribution in [0.4, 0.5) is 0 Å². The van der Waals surface area contributed by atoms with E-state index in [0.717, 1.165) is 11.3 Å². The van der Waals surface area contributed by atoms with E-state index >= 15 is 0 Å². The first-order valence-corrected chi connectivity index (χ1v) is 9.94. The molecule has 1 unspecified atom stereocenters. The van der Waals surface area contributed by atoms with Crippen LogP contribution in [-0.4, -0.2) is 50.8 Å². The lowest BCUT2D eigenvalue weighted by molar-refractivity contribution is -0.150. The van der Waals surface area contributed by atoms with Gasteiger partial charge in [-0.25, -0.2) is 4.79 Å². The Hall–Kier alpha value is -3.55. The normalized spacial score (nSPS) is 11.2. The van der Waals surface area contributed by atoms with Crippen LogP contribution in [0.3, 0.4) is 0 Å². The van der Waals surface area contributed by atoms with E-state index in [4.69, 9.17) is 18.9 Å². The monoisotopic (exact) mass is 429 g/mol. The Bertz CT molecular complexity index is 837. The lowest BCUT2D eigenvalue weighted by Crippen LogP contribution is -2.44. The standard InChI is InChI=1S/C23H27NO7/c1-3-29-18-9-11-19(12-10-18)30-14-13-22(26)31-16-21(25)24-20(23(27)28-2)15-17-7-5-4-6-8-17/h4-12,20H,3,13-16H2,1-2H3,(H,24,25). The Morgan fingerprint density at radius 1 is 0.935 bits per heavy atom. The fourth-order valence-corrected chi connectivity index (χ4v) is 2.69. The molecule has 31 heavy (non-hydrogen) atoms. The van der Waals surface area contributed by atoms with Gasteiger partial charge in [-0.2, -0.15) is 0 Å². The third kappa shape index (κ3) is 8.77. The molecule has 0 radical (unpaired) electrons. The molecule has 2 rings (SSSR count). The summed E-state index contributed by atoms with van der Waals surface area (Å²) in [4.78, 5) is 35.9. The first-order chi connectivity index (χ1) is 15.0. The summed E-state index contributed by atoms with van der Waals surface area (Å²) in [5.74, 6) is -0.424. The molecule has 2 aromatic carbocycles. The molecule has 0 heterocycles. The van der Waals surface area contributed by atoms with Crippen LogP contribution in [0.5, 0.6) is 11.5 Å². The van der Waals surface area contributed by atoms with Crippen LogP contribution in [0, 0.1) is 0 Å². The summed E-state index contributed by atoms with van der Waals surface area (Å²) in [5.41, 5.74) is 0.863. The SMILES string of the molecule is CCOc1ccc(OCCC(=O)OCC(=O)NC(Cc2ccccc2)C(=O)OC)cc1. The number of amides is 1. The van der Waals surface area contributed by atoms with Crippen molar-refractivity contribution < 1.29 is 33.3 Å². The number of carbonyl (C=O) groups excluding carboxylic acids is 3. The maximum atomic E-state index is 12.1. The number of rotatable bonds is 12. The van der Waals surface area contributed by atoms with Crippen LogP contribution in [0.1, 0.15) is 18.9 Å². The van der Waals surface area contributed by atoms with E-state index in [2.05, 4.69) is 5.32 Å². The molecule has 0 aliphatic carbocycles. The van der Waals surface area contributed by atoms with Crippen LogP contribution in [0.15, 0.2) is 54.6 Å². The zero-order valence-corrected chi connectivity index (χ0v) is 17.7. The number of esters is 2. The lowest BCUT2D eigenvalue weighted by Gasteiger charge is -2.16. The van der Waals surface area contributed by atoms with Gasteiger partial charge in [-0.3, -0.25) is 9.59 Å². The molecule has 8 heteroatoms. The maximum Gasteiger partial charge on any atom is 0.328 e. The number of benzene rings is 2. The van der Waals surface area contributed by atoms with Crippen molar-refractivity contribution >= 4 is 17.8 Å². The summed E-state index contributed by atoms with van der Waals surface area (Å²) in [6.45, 7) is 2.08. The van der Waals surface area contributed by atoms with Crippen LogP contribution >= 0.6 is 0 Å². The van der Waals surface area contributed by atoms with Gasteiger partial charge >= 0.3 is 11.9 Å². The minimum atomic E-state index is -0.874. The van der Waals surface area contributed by atoms with Crippen molar-refractivity contribution in [3.63, 3.8) is 0 Å². The molecule has 0 aliphatic rings. The zero-order valence-electron chi connectivity index (χ0n) is 17.7. The second-order valence-electron chi connectivity index (χ2n) is 6.50. The smallest absolute Gasteiger partial charge is 0.328 e. The number of methoxy groups -OCH3 is 1. The van der Waals surface area contributed by atoms with Gasteiger partial charge in [0.2, 0.25) is 0 Å². The Morgan fingerprint density at radius 3 is 2.19 bits per heavy atom. The summed E-state index contributed by atoms with van der Waals surface area (Å²) in [7, 11) is 1.25. The molecule has 0 aliphatic heterocycles. The van der Waals surface area contributed by atoms with E-state index in [9.17, 15) is 14.4 Å². The summed E-state index contributed by atoms with van der Waals surface area (Å²) in [6.07, 6.45) is 0.244. The van der Waals surface area contributed by atoms with Crippen LogP contribution < -0.4 is 14.8 Å². The summed E-state index contributed by atoms with van der Waals surface area (Å²) in [6, 6.07) is 15.4. The van der Waals surface area contributed by atoms with Gasteiger partial charge in [0.25, 0.3) is 5.91 Å². The molecule has 0 bridgehead atoms. The van der Waals surface area contributed by atoms with E-state index < -0.39 is 30.5 Å². The minimum Gasteiger partial charge on any atom is -0.494 e. The Kier molecular flexibility index (Phi) is 9.87. The highest BCUT2D eigenvalue weighted by Crippen LogP contribution is 2.17. The molecule has 1 N–H and O–H groups in total. The zero-order chi connectivity index (χ0) is 22.5. The third-order valence-electron chi connectivity index (χ3n) is 4.18. The van der Waals surface area contributed by atoms with Crippen molar-refractivity contribution in [3.05, 3.63) is 60.2 Å². The Balaban J connectivity index is 1.71.